The maximum absolute atomic E-state index is 5.61. The van der Waals surface area contributed by atoms with Gasteiger partial charge in [0.15, 0.2) is 0 Å². The van der Waals surface area contributed by atoms with Crippen molar-refractivity contribution in [2.75, 3.05) is 3.11 Å². The van der Waals surface area contributed by atoms with Gasteiger partial charge in [0, 0.05) is 0 Å². The van der Waals surface area contributed by atoms with Crippen LogP contribution in [0.5, 0.6) is 0 Å². The first kappa shape index (κ1) is 10.0. The number of nitrogens with zero attached hydrogens (tertiary/aromatic N) is 2. The molecule has 0 fully saturated rings. The lowest BCUT2D eigenvalue weighted by Gasteiger charge is -2.13. The average Bonchev–Trinajstić information content (AvgIpc) is 2.17. The summed E-state index contributed by atoms with van der Waals surface area (Å²) in [5.41, 5.74) is 6.63. The first-order valence-corrected chi connectivity index (χ1v) is 5.14. The molecule has 0 spiro atoms. The third-order valence-electron chi connectivity index (χ3n) is 1.27. The average molecular weight is 387 g/mol. The Kier molecular flexibility index (Phi) is 4.06. The molecule has 12 heavy (non-hydrogen) atoms. The molecule has 5 heteroatoms. The van der Waals surface area contributed by atoms with E-state index in [1.807, 2.05) is 53.2 Å². The molecule has 64 valence electrons. The molecule has 1 aromatic rings. The van der Waals surface area contributed by atoms with Crippen LogP contribution in [-0.4, -0.2) is 5.96 Å². The van der Waals surface area contributed by atoms with Crippen LogP contribution in [0.2, 0.25) is 0 Å². The molecule has 0 amide bonds. The summed E-state index contributed by atoms with van der Waals surface area (Å²) in [5, 5.41) is 0. The molecular weight excluding hydrogens is 380 g/mol. The summed E-state index contributed by atoms with van der Waals surface area (Å²) in [6.45, 7) is 0. The van der Waals surface area contributed by atoms with Crippen molar-refractivity contribution < 1.29 is 0 Å². The quantitative estimate of drug-likeness (QED) is 0.349. The SMILES string of the molecule is NC(=NI)N(I)c1ccccc1. The number of hydrogen-bond donors (Lipinski definition) is 1. The smallest absolute Gasteiger partial charge is 0.215 e. The minimum absolute atomic E-state index is 0.488. The molecule has 1 aromatic carbocycles. The zero-order valence-electron chi connectivity index (χ0n) is 6.11. The van der Waals surface area contributed by atoms with Crippen LogP contribution in [0.1, 0.15) is 0 Å². The second kappa shape index (κ2) is 4.85. The highest BCUT2D eigenvalue weighted by molar-refractivity contribution is 14.1. The van der Waals surface area contributed by atoms with Crippen LogP contribution in [0.25, 0.3) is 0 Å². The minimum Gasteiger partial charge on any atom is -0.368 e. The third-order valence-corrected chi connectivity index (χ3v) is 2.82. The summed E-state index contributed by atoms with van der Waals surface area (Å²) >= 11 is 3.98. The van der Waals surface area contributed by atoms with Crippen LogP contribution < -0.4 is 8.85 Å². The van der Waals surface area contributed by atoms with Crippen molar-refractivity contribution in [1.29, 1.82) is 0 Å². The molecule has 2 N–H and O–H groups in total. The Labute approximate surface area is 99.0 Å². The Morgan fingerprint density at radius 1 is 1.33 bits per heavy atom. The van der Waals surface area contributed by atoms with Crippen LogP contribution in [0, 0.1) is 0 Å². The topological polar surface area (TPSA) is 41.6 Å². The van der Waals surface area contributed by atoms with Gasteiger partial charge in [-0.25, -0.2) is 0 Å². The Morgan fingerprint density at radius 3 is 2.42 bits per heavy atom. The number of halogens is 2. The normalized spacial score (nSPS) is 11.3. The third kappa shape index (κ3) is 2.47. The second-order valence-corrected chi connectivity index (χ2v) is 3.51. The zero-order chi connectivity index (χ0) is 8.97. The molecular formula is C7H7I2N3. The monoisotopic (exact) mass is 387 g/mol. The zero-order valence-corrected chi connectivity index (χ0v) is 10.4. The van der Waals surface area contributed by atoms with Crippen molar-refractivity contribution in [2.24, 2.45) is 8.94 Å². The predicted octanol–water partition coefficient (Wildman–Crippen LogP) is 2.51. The molecule has 3 nitrogen and oxygen atoms in total. The lowest BCUT2D eigenvalue weighted by Crippen LogP contribution is -2.27. The first-order valence-electron chi connectivity index (χ1n) is 3.21. The standard InChI is InChI=1S/C7H7I2N3/c8-11-7(10)12(9)6-4-2-1-3-5-6/h1-5H,(H2,10,11). The summed E-state index contributed by atoms with van der Waals surface area (Å²) in [4.78, 5) is 0. The van der Waals surface area contributed by atoms with Crippen molar-refractivity contribution in [1.82, 2.24) is 0 Å². The highest BCUT2D eigenvalue weighted by atomic mass is 127. The number of guanidine groups is 1. The van der Waals surface area contributed by atoms with Crippen LogP contribution in [-0.2, 0) is 0 Å². The molecule has 0 aliphatic carbocycles. The van der Waals surface area contributed by atoms with E-state index in [1.54, 1.807) is 3.11 Å². The maximum Gasteiger partial charge on any atom is 0.215 e. The van der Waals surface area contributed by atoms with Crippen molar-refractivity contribution in [2.45, 2.75) is 0 Å². The summed E-state index contributed by atoms with van der Waals surface area (Å²) in [7, 11) is 0. The molecule has 0 bridgehead atoms. The number of para-hydroxylation sites is 1. The van der Waals surface area contributed by atoms with Gasteiger partial charge in [-0.3, -0.25) is 3.11 Å². The molecule has 0 saturated carbocycles. The van der Waals surface area contributed by atoms with Gasteiger partial charge >= 0.3 is 0 Å². The van der Waals surface area contributed by atoms with Crippen LogP contribution >= 0.6 is 45.7 Å². The summed E-state index contributed by atoms with van der Waals surface area (Å²) in [6, 6.07) is 9.83. The van der Waals surface area contributed by atoms with Gasteiger partial charge in [0.25, 0.3) is 0 Å². The Morgan fingerprint density at radius 2 is 1.92 bits per heavy atom. The number of nitrogens with two attached hydrogens (primary N) is 1. The van der Waals surface area contributed by atoms with Gasteiger partial charge in [-0.05, 0) is 12.1 Å². The molecule has 0 aliphatic heterocycles. The lowest BCUT2D eigenvalue weighted by molar-refractivity contribution is 1.49. The van der Waals surface area contributed by atoms with Crippen molar-refractivity contribution in [3.63, 3.8) is 0 Å². The second-order valence-electron chi connectivity index (χ2n) is 2.06. The Balaban J connectivity index is 2.86. The highest BCUT2D eigenvalue weighted by Crippen LogP contribution is 2.17. The molecule has 0 heterocycles. The summed E-state index contributed by atoms with van der Waals surface area (Å²) < 4.78 is 5.64. The Hall–Kier alpha value is -0.0500. The van der Waals surface area contributed by atoms with Gasteiger partial charge in [-0.2, -0.15) is 3.21 Å². The maximum atomic E-state index is 5.61. The largest absolute Gasteiger partial charge is 0.368 e. The molecule has 0 aromatic heterocycles. The van der Waals surface area contributed by atoms with Gasteiger partial charge in [0.1, 0.15) is 0 Å². The molecule has 0 saturated heterocycles. The molecule has 1 rings (SSSR count). The number of hydrogen-bond acceptors (Lipinski definition) is 1. The van der Waals surface area contributed by atoms with E-state index >= 15 is 0 Å². The fraction of sp³-hybridized carbons (Fsp3) is 0. The van der Waals surface area contributed by atoms with Gasteiger partial charge in [-0.1, -0.05) is 18.2 Å². The van der Waals surface area contributed by atoms with Crippen LogP contribution in [0.3, 0.4) is 0 Å². The molecule has 0 atom stereocenters. The minimum atomic E-state index is 0.488. The van der Waals surface area contributed by atoms with Crippen LogP contribution in [0.4, 0.5) is 5.69 Å². The highest BCUT2D eigenvalue weighted by Gasteiger charge is 2.04. The van der Waals surface area contributed by atoms with Crippen molar-refractivity contribution in [3.05, 3.63) is 30.3 Å². The van der Waals surface area contributed by atoms with E-state index in [4.69, 9.17) is 5.73 Å². The van der Waals surface area contributed by atoms with Crippen LogP contribution in [0.15, 0.2) is 33.5 Å². The summed E-state index contributed by atoms with van der Waals surface area (Å²) in [5.74, 6) is 0.488. The predicted molar refractivity (Wildman–Crippen MR) is 68.6 cm³/mol. The van der Waals surface area contributed by atoms with E-state index in [-0.39, 0.29) is 0 Å². The molecule has 0 unspecified atom stereocenters. The number of anilines is 1. The lowest BCUT2D eigenvalue weighted by atomic mass is 10.3. The number of benzene rings is 1. The fourth-order valence-electron chi connectivity index (χ4n) is 0.724. The van der Waals surface area contributed by atoms with Crippen molar-refractivity contribution in [3.8, 4) is 0 Å². The number of rotatable bonds is 1. The van der Waals surface area contributed by atoms with Gasteiger partial charge in [0.2, 0.25) is 5.96 Å². The van der Waals surface area contributed by atoms with Gasteiger partial charge in [-0.15, -0.1) is 0 Å². The van der Waals surface area contributed by atoms with E-state index in [0.717, 1.165) is 5.69 Å². The van der Waals surface area contributed by atoms with E-state index in [0.29, 0.717) is 5.96 Å². The van der Waals surface area contributed by atoms with Crippen molar-refractivity contribution >= 4 is 57.4 Å². The van der Waals surface area contributed by atoms with E-state index in [9.17, 15) is 0 Å². The summed E-state index contributed by atoms with van der Waals surface area (Å²) in [6.07, 6.45) is 0. The van der Waals surface area contributed by atoms with Gasteiger partial charge < -0.3 is 5.73 Å². The Bertz CT molecular complexity index is 273. The first-order chi connectivity index (χ1) is 5.75. The molecule has 0 aliphatic rings. The van der Waals surface area contributed by atoms with E-state index < -0.39 is 0 Å². The van der Waals surface area contributed by atoms with Gasteiger partial charge in [0.05, 0.1) is 51.4 Å². The fourth-order valence-corrected chi connectivity index (χ4v) is 1.78. The van der Waals surface area contributed by atoms with E-state index in [2.05, 4.69) is 26.1 Å². The van der Waals surface area contributed by atoms with E-state index in [1.165, 1.54) is 0 Å². The molecule has 0 radical (unpaired) electrons.